The first-order valence-electron chi connectivity index (χ1n) is 10.4. The lowest BCUT2D eigenvalue weighted by Gasteiger charge is -2.56. The smallest absolute Gasteiger partial charge is 0.0138 e. The van der Waals surface area contributed by atoms with E-state index in [1.165, 1.54) is 63.4 Å². The third kappa shape index (κ3) is 2.85. The van der Waals surface area contributed by atoms with Gasteiger partial charge in [-0.15, -0.1) is 0 Å². The van der Waals surface area contributed by atoms with Gasteiger partial charge < -0.3 is 0 Å². The van der Waals surface area contributed by atoms with Crippen LogP contribution in [0.4, 0.5) is 0 Å². The molecule has 24 heavy (non-hydrogen) atoms. The molecule has 0 heterocycles. The molecule has 5 unspecified atom stereocenters. The molecule has 5 atom stereocenters. The van der Waals surface area contributed by atoms with E-state index >= 15 is 0 Å². The highest BCUT2D eigenvalue weighted by Crippen LogP contribution is 2.70. The maximum Gasteiger partial charge on any atom is -0.0138 e. The van der Waals surface area contributed by atoms with E-state index in [-0.39, 0.29) is 0 Å². The van der Waals surface area contributed by atoms with Crippen molar-refractivity contribution in [1.82, 2.24) is 0 Å². The van der Waals surface area contributed by atoms with E-state index in [1.54, 1.807) is 5.57 Å². The molecule has 0 nitrogen and oxygen atoms in total. The van der Waals surface area contributed by atoms with Crippen molar-refractivity contribution in [1.29, 1.82) is 0 Å². The summed E-state index contributed by atoms with van der Waals surface area (Å²) in [6, 6.07) is 0. The molecule has 0 aromatic carbocycles. The molecule has 1 spiro atoms. The van der Waals surface area contributed by atoms with Crippen LogP contribution in [-0.4, -0.2) is 0 Å². The highest BCUT2D eigenvalue weighted by atomic mass is 14.7. The van der Waals surface area contributed by atoms with Crippen molar-refractivity contribution in [2.75, 3.05) is 0 Å². The summed E-state index contributed by atoms with van der Waals surface area (Å²) < 4.78 is 0. The number of hydrogen-bond donors (Lipinski definition) is 0. The van der Waals surface area contributed by atoms with Gasteiger partial charge in [-0.25, -0.2) is 0 Å². The summed E-state index contributed by atoms with van der Waals surface area (Å²) in [4.78, 5) is 0. The van der Waals surface area contributed by atoms with E-state index in [4.69, 9.17) is 0 Å². The van der Waals surface area contributed by atoms with Gasteiger partial charge in [0.25, 0.3) is 0 Å². The molecule has 0 radical (unpaired) electrons. The van der Waals surface area contributed by atoms with Crippen molar-refractivity contribution in [3.05, 3.63) is 36.0 Å². The average Bonchev–Trinajstić information content (AvgIpc) is 2.69. The van der Waals surface area contributed by atoms with Crippen molar-refractivity contribution < 1.29 is 0 Å². The van der Waals surface area contributed by atoms with Crippen LogP contribution in [0.2, 0.25) is 0 Å². The zero-order valence-corrected chi connectivity index (χ0v) is 16.5. The molecular formula is C24H38. The second-order valence-corrected chi connectivity index (χ2v) is 9.52. The van der Waals surface area contributed by atoms with Gasteiger partial charge in [-0.3, -0.25) is 0 Å². The first kappa shape index (κ1) is 18.0. The highest BCUT2D eigenvalue weighted by molar-refractivity contribution is 5.23. The normalized spacial score (nSPS) is 39.8. The van der Waals surface area contributed by atoms with E-state index < -0.39 is 0 Å². The molecule has 3 rings (SSSR count). The van der Waals surface area contributed by atoms with Gasteiger partial charge in [0.15, 0.2) is 0 Å². The number of allylic oxidation sites excluding steroid dienone is 5. The van der Waals surface area contributed by atoms with Gasteiger partial charge in [0, 0.05) is 0 Å². The van der Waals surface area contributed by atoms with Crippen LogP contribution >= 0.6 is 0 Å². The van der Waals surface area contributed by atoms with Gasteiger partial charge >= 0.3 is 0 Å². The maximum atomic E-state index is 4.53. The second kappa shape index (κ2) is 6.85. The lowest BCUT2D eigenvalue weighted by Crippen LogP contribution is -2.48. The number of hydrogen-bond acceptors (Lipinski definition) is 0. The van der Waals surface area contributed by atoms with Crippen molar-refractivity contribution >= 4 is 0 Å². The van der Waals surface area contributed by atoms with E-state index in [1.807, 2.05) is 0 Å². The van der Waals surface area contributed by atoms with Gasteiger partial charge in [-0.2, -0.15) is 0 Å². The Kier molecular flexibility index (Phi) is 5.14. The first-order chi connectivity index (χ1) is 11.4. The second-order valence-electron chi connectivity index (χ2n) is 9.52. The molecule has 0 aliphatic heterocycles. The van der Waals surface area contributed by atoms with E-state index in [0.29, 0.717) is 10.8 Å². The van der Waals surface area contributed by atoms with Crippen molar-refractivity contribution in [3.63, 3.8) is 0 Å². The predicted molar refractivity (Wildman–Crippen MR) is 106 cm³/mol. The fourth-order valence-electron chi connectivity index (χ4n) is 6.76. The van der Waals surface area contributed by atoms with Gasteiger partial charge in [-0.1, -0.05) is 49.8 Å². The van der Waals surface area contributed by atoms with Crippen LogP contribution in [0, 0.1) is 28.6 Å². The van der Waals surface area contributed by atoms with Gasteiger partial charge in [0.2, 0.25) is 0 Å². The third-order valence-corrected chi connectivity index (χ3v) is 8.11. The average molecular weight is 327 g/mol. The lowest BCUT2D eigenvalue weighted by molar-refractivity contribution is -0.0362. The van der Waals surface area contributed by atoms with Crippen LogP contribution < -0.4 is 0 Å². The van der Waals surface area contributed by atoms with Crippen molar-refractivity contribution in [2.24, 2.45) is 28.6 Å². The summed E-state index contributed by atoms with van der Waals surface area (Å²) in [5.41, 5.74) is 4.09. The van der Waals surface area contributed by atoms with Gasteiger partial charge in [0.1, 0.15) is 0 Å². The Balaban J connectivity index is 1.84. The molecule has 134 valence electrons. The Morgan fingerprint density at radius 2 is 2.08 bits per heavy atom. The van der Waals surface area contributed by atoms with Crippen LogP contribution in [0.5, 0.6) is 0 Å². The van der Waals surface area contributed by atoms with E-state index in [2.05, 4.69) is 52.5 Å². The fourth-order valence-corrected chi connectivity index (χ4v) is 6.76. The van der Waals surface area contributed by atoms with Gasteiger partial charge in [-0.05, 0) is 100 Å². The van der Waals surface area contributed by atoms with Crippen molar-refractivity contribution in [2.45, 2.75) is 85.5 Å². The first-order valence-corrected chi connectivity index (χ1v) is 10.4. The van der Waals surface area contributed by atoms with Gasteiger partial charge in [0.05, 0.1) is 0 Å². The summed E-state index contributed by atoms with van der Waals surface area (Å²) in [5, 5.41) is 0. The Hall–Kier alpha value is -0.780. The molecular weight excluding hydrogens is 288 g/mol. The Morgan fingerprint density at radius 1 is 1.29 bits per heavy atom. The third-order valence-electron chi connectivity index (χ3n) is 8.11. The molecule has 3 aliphatic carbocycles. The summed E-state index contributed by atoms with van der Waals surface area (Å²) in [6.45, 7) is 14.2. The fraction of sp³-hybridized carbons (Fsp3) is 0.750. The molecule has 0 amide bonds. The zero-order valence-electron chi connectivity index (χ0n) is 16.5. The van der Waals surface area contributed by atoms with Crippen molar-refractivity contribution in [3.8, 4) is 0 Å². The van der Waals surface area contributed by atoms with Crippen LogP contribution in [0.25, 0.3) is 0 Å². The zero-order chi connectivity index (χ0) is 17.4. The standard InChI is InChI=1S/C24H38/c1-18(2)10-9-11-19(3)21-14-17-24-15-8-6-7-12-22(24)20(4)13-16-23(21,24)5/h6,8,10,19,21-22H,4,7,9,11-17H2,1-3,5H3. The summed E-state index contributed by atoms with van der Waals surface area (Å²) in [6.07, 6.45) is 19.5. The molecule has 0 bridgehead atoms. The summed E-state index contributed by atoms with van der Waals surface area (Å²) in [5.74, 6) is 2.54. The molecule has 0 heteroatoms. The quantitative estimate of drug-likeness (QED) is 0.470. The molecule has 3 aliphatic rings. The van der Waals surface area contributed by atoms with Crippen LogP contribution in [0.1, 0.15) is 85.5 Å². The predicted octanol–water partition coefficient (Wildman–Crippen LogP) is 7.48. The Bertz CT molecular complexity index is 532. The summed E-state index contributed by atoms with van der Waals surface area (Å²) in [7, 11) is 0. The molecule has 0 N–H and O–H groups in total. The topological polar surface area (TPSA) is 0 Å². The minimum atomic E-state index is 0.519. The Morgan fingerprint density at radius 3 is 2.83 bits per heavy atom. The van der Waals surface area contributed by atoms with E-state index in [9.17, 15) is 0 Å². The largest absolute Gasteiger partial charge is 0.0996 e. The van der Waals surface area contributed by atoms with Crippen LogP contribution in [-0.2, 0) is 0 Å². The maximum absolute atomic E-state index is 4.53. The van der Waals surface area contributed by atoms with E-state index in [0.717, 1.165) is 17.8 Å². The molecule has 2 saturated carbocycles. The molecule has 2 fully saturated rings. The van der Waals surface area contributed by atoms with Crippen LogP contribution in [0.3, 0.4) is 0 Å². The van der Waals surface area contributed by atoms with Crippen LogP contribution in [0.15, 0.2) is 36.0 Å². The molecule has 0 aromatic rings. The summed E-state index contributed by atoms with van der Waals surface area (Å²) >= 11 is 0. The minimum absolute atomic E-state index is 0.519. The number of rotatable bonds is 4. The minimum Gasteiger partial charge on any atom is -0.0996 e. The lowest BCUT2D eigenvalue weighted by atomic mass is 9.48. The monoisotopic (exact) mass is 326 g/mol. The molecule has 0 aromatic heterocycles. The highest BCUT2D eigenvalue weighted by Gasteiger charge is 2.62. The Labute approximate surface area is 150 Å². The SMILES string of the molecule is C=C1CCC2(C)C(C(C)CCC=C(C)C)CCC23CC=CCCC13. The molecule has 0 saturated heterocycles.